The molecule has 0 bridgehead atoms. The Hall–Kier alpha value is -3.93. The fourth-order valence-corrected chi connectivity index (χ4v) is 4.16. The third-order valence-electron chi connectivity index (χ3n) is 4.61. The van der Waals surface area contributed by atoms with Gasteiger partial charge in [-0.3, -0.25) is 25.1 Å². The van der Waals surface area contributed by atoms with Crippen LogP contribution in [-0.2, 0) is 4.79 Å². The van der Waals surface area contributed by atoms with Gasteiger partial charge >= 0.3 is 5.88 Å². The Balaban J connectivity index is 1.61. The van der Waals surface area contributed by atoms with Crippen LogP contribution in [0.3, 0.4) is 0 Å². The van der Waals surface area contributed by atoms with Crippen molar-refractivity contribution < 1.29 is 32.8 Å². The van der Waals surface area contributed by atoms with E-state index in [0.717, 1.165) is 28.9 Å². The summed E-state index contributed by atoms with van der Waals surface area (Å²) in [5.41, 5.74) is 2.30. The number of rotatable bonds is 5. The molecule has 1 aromatic heterocycles. The number of phenolic OH excluding ortho intramolecular Hbond substituents is 1. The lowest BCUT2D eigenvalue weighted by Gasteiger charge is -2.23. The number of nitrogens with one attached hydrogen (secondary N) is 1. The van der Waals surface area contributed by atoms with Gasteiger partial charge in [0.15, 0.2) is 5.37 Å². The first-order valence-corrected chi connectivity index (χ1v) is 10.1. The highest BCUT2D eigenvalue weighted by Gasteiger charge is 2.37. The lowest BCUT2D eigenvalue weighted by molar-refractivity contribution is -0.402. The molecule has 1 saturated heterocycles. The first-order valence-electron chi connectivity index (χ1n) is 9.02. The van der Waals surface area contributed by atoms with Crippen LogP contribution >= 0.6 is 11.8 Å². The average Bonchev–Trinajstić information content (AvgIpc) is 3.36. The number of aromatic hydroxyl groups is 1. The van der Waals surface area contributed by atoms with Crippen LogP contribution in [0.15, 0.2) is 52.9 Å². The van der Waals surface area contributed by atoms with Crippen LogP contribution in [-0.4, -0.2) is 32.6 Å². The molecule has 2 amide bonds. The van der Waals surface area contributed by atoms with E-state index in [1.165, 1.54) is 30.3 Å². The molecular formula is C20H13F2N3O6S. The Morgan fingerprint density at radius 3 is 2.69 bits per heavy atom. The number of carbonyl (C=O) groups is 2. The van der Waals surface area contributed by atoms with Crippen molar-refractivity contribution >= 4 is 29.5 Å². The smallest absolute Gasteiger partial charge is 0.433 e. The summed E-state index contributed by atoms with van der Waals surface area (Å²) in [6.07, 6.45) is 0. The predicted molar refractivity (Wildman–Crippen MR) is 108 cm³/mol. The van der Waals surface area contributed by atoms with E-state index < -0.39 is 45.4 Å². The van der Waals surface area contributed by atoms with Crippen LogP contribution in [0.4, 0.5) is 14.7 Å². The maximum Gasteiger partial charge on any atom is 0.433 e. The lowest BCUT2D eigenvalue weighted by atomic mass is 10.0. The minimum absolute atomic E-state index is 0.00836. The standard InChI is InChI=1S/C20H13F2N3O6S/c21-11-2-3-12(14(22)8-11)10-1-4-15(26)13(7-10)19(28)23-24-17(27)9-32-20(24)16-5-6-18(31-16)25(29)30/h1-8,20,26H,9H2,(H,23,28). The van der Waals surface area contributed by atoms with Gasteiger partial charge in [0.1, 0.15) is 28.1 Å². The van der Waals surface area contributed by atoms with Crippen molar-refractivity contribution in [1.29, 1.82) is 0 Å². The highest BCUT2D eigenvalue weighted by Crippen LogP contribution is 2.39. The van der Waals surface area contributed by atoms with Crippen molar-refractivity contribution in [2.24, 2.45) is 0 Å². The number of amides is 2. The molecule has 0 spiro atoms. The second kappa shape index (κ2) is 8.30. The van der Waals surface area contributed by atoms with Gasteiger partial charge < -0.3 is 9.52 Å². The van der Waals surface area contributed by atoms with Crippen molar-refractivity contribution in [2.45, 2.75) is 5.37 Å². The Labute approximate surface area is 182 Å². The van der Waals surface area contributed by atoms with Gasteiger partial charge in [-0.15, -0.1) is 11.8 Å². The molecule has 9 nitrogen and oxygen atoms in total. The number of halogens is 2. The lowest BCUT2D eigenvalue weighted by Crippen LogP contribution is -2.44. The highest BCUT2D eigenvalue weighted by atomic mass is 32.2. The summed E-state index contributed by atoms with van der Waals surface area (Å²) in [5, 5.41) is 21.1. The normalized spacial score (nSPS) is 15.8. The molecule has 3 aromatic rings. The molecule has 32 heavy (non-hydrogen) atoms. The summed E-state index contributed by atoms with van der Waals surface area (Å²) >= 11 is 1.08. The van der Waals surface area contributed by atoms with E-state index in [4.69, 9.17) is 4.42 Å². The van der Waals surface area contributed by atoms with Gasteiger partial charge in [-0.2, -0.15) is 0 Å². The van der Waals surface area contributed by atoms with Crippen molar-refractivity contribution in [1.82, 2.24) is 10.4 Å². The summed E-state index contributed by atoms with van der Waals surface area (Å²) in [5.74, 6) is -3.88. The number of nitrogens with zero attached hydrogens (tertiary/aromatic N) is 2. The van der Waals surface area contributed by atoms with E-state index in [1.807, 2.05) is 0 Å². The summed E-state index contributed by atoms with van der Waals surface area (Å²) < 4.78 is 32.5. The first-order chi connectivity index (χ1) is 15.2. The van der Waals surface area contributed by atoms with E-state index in [1.54, 1.807) is 0 Å². The monoisotopic (exact) mass is 461 g/mol. The fraction of sp³-hybridized carbons (Fsp3) is 0.100. The number of furan rings is 1. The molecule has 1 aliphatic rings. The van der Waals surface area contributed by atoms with Crippen LogP contribution in [0.1, 0.15) is 21.5 Å². The van der Waals surface area contributed by atoms with Crippen molar-refractivity contribution in [3.63, 3.8) is 0 Å². The number of hydrazine groups is 1. The van der Waals surface area contributed by atoms with Gasteiger partial charge in [0, 0.05) is 11.6 Å². The minimum atomic E-state index is -0.881. The largest absolute Gasteiger partial charge is 0.507 e. The number of hydrogen-bond acceptors (Lipinski definition) is 7. The van der Waals surface area contributed by atoms with Gasteiger partial charge in [0.05, 0.1) is 17.4 Å². The van der Waals surface area contributed by atoms with Crippen LogP contribution in [0.2, 0.25) is 0 Å². The van der Waals surface area contributed by atoms with Crippen LogP contribution < -0.4 is 5.43 Å². The number of hydrogen-bond donors (Lipinski definition) is 2. The Morgan fingerprint density at radius 1 is 1.22 bits per heavy atom. The topological polar surface area (TPSA) is 126 Å². The van der Waals surface area contributed by atoms with Crippen LogP contribution in [0.25, 0.3) is 11.1 Å². The molecule has 0 saturated carbocycles. The molecule has 2 aromatic carbocycles. The number of phenols is 1. The molecule has 164 valence electrons. The Morgan fingerprint density at radius 2 is 2.00 bits per heavy atom. The first kappa shape index (κ1) is 21.3. The number of carbonyl (C=O) groups excluding carboxylic acids is 2. The molecule has 1 aliphatic heterocycles. The van der Waals surface area contributed by atoms with Gasteiger partial charge in [-0.25, -0.2) is 13.8 Å². The van der Waals surface area contributed by atoms with Gasteiger partial charge in [-0.1, -0.05) is 6.07 Å². The average molecular weight is 461 g/mol. The summed E-state index contributed by atoms with van der Waals surface area (Å²) in [6, 6.07) is 9.10. The minimum Gasteiger partial charge on any atom is -0.507 e. The molecule has 12 heteroatoms. The van der Waals surface area contributed by atoms with Crippen molar-refractivity contribution in [3.8, 4) is 16.9 Å². The molecule has 2 heterocycles. The van der Waals surface area contributed by atoms with E-state index in [9.17, 15) is 33.6 Å². The van der Waals surface area contributed by atoms with Crippen LogP contribution in [0, 0.1) is 21.7 Å². The van der Waals surface area contributed by atoms with E-state index in [2.05, 4.69) is 5.43 Å². The third kappa shape index (κ3) is 3.99. The Bertz CT molecular complexity index is 1250. The Kier molecular flexibility index (Phi) is 5.53. The van der Waals surface area contributed by atoms with Gasteiger partial charge in [-0.05, 0) is 35.9 Å². The van der Waals surface area contributed by atoms with Gasteiger partial charge in [0.25, 0.3) is 11.8 Å². The quantitative estimate of drug-likeness (QED) is 0.438. The molecule has 0 aliphatic carbocycles. The molecule has 1 unspecified atom stereocenters. The van der Waals surface area contributed by atoms with E-state index in [-0.39, 0.29) is 28.2 Å². The van der Waals surface area contributed by atoms with E-state index in [0.29, 0.717) is 6.07 Å². The summed E-state index contributed by atoms with van der Waals surface area (Å²) in [4.78, 5) is 35.2. The molecule has 2 N–H and O–H groups in total. The van der Waals surface area contributed by atoms with Crippen molar-refractivity contribution in [3.05, 3.63) is 81.6 Å². The molecule has 1 fully saturated rings. The SMILES string of the molecule is O=C(NN1C(=O)CSC1c1ccc([N+](=O)[O-])o1)c1cc(-c2ccc(F)cc2F)ccc1O. The number of thioether (sulfide) groups is 1. The zero-order chi connectivity index (χ0) is 23.0. The molecule has 1 atom stereocenters. The third-order valence-corrected chi connectivity index (χ3v) is 5.78. The maximum absolute atomic E-state index is 14.1. The second-order valence-electron chi connectivity index (χ2n) is 6.66. The zero-order valence-corrected chi connectivity index (χ0v) is 16.8. The number of nitro groups is 1. The molecule has 0 radical (unpaired) electrons. The maximum atomic E-state index is 14.1. The predicted octanol–water partition coefficient (Wildman–Crippen LogP) is 3.76. The zero-order valence-electron chi connectivity index (χ0n) is 16.0. The summed E-state index contributed by atoms with van der Waals surface area (Å²) in [7, 11) is 0. The highest BCUT2D eigenvalue weighted by molar-refractivity contribution is 8.00. The molecule has 4 rings (SSSR count). The van der Waals surface area contributed by atoms with Gasteiger partial charge in [0.2, 0.25) is 0 Å². The van der Waals surface area contributed by atoms with Crippen LogP contribution in [0.5, 0.6) is 5.75 Å². The molecular weight excluding hydrogens is 448 g/mol. The fourth-order valence-electron chi connectivity index (χ4n) is 3.11. The van der Waals surface area contributed by atoms with Crippen molar-refractivity contribution in [2.75, 3.05) is 5.75 Å². The van der Waals surface area contributed by atoms with E-state index >= 15 is 0 Å². The second-order valence-corrected chi connectivity index (χ2v) is 7.73. The number of benzene rings is 2. The summed E-state index contributed by atoms with van der Waals surface area (Å²) in [6.45, 7) is 0.